The SMILES string of the molecule is CCN(CCOc1ccc(Oc2ccc(Cl)c(Cl)c2)cc1Cl)C(=O)O. The van der Waals surface area contributed by atoms with Crippen LogP contribution in [0.3, 0.4) is 0 Å². The molecule has 134 valence electrons. The van der Waals surface area contributed by atoms with Gasteiger partial charge in [-0.1, -0.05) is 34.8 Å². The van der Waals surface area contributed by atoms with Crippen molar-refractivity contribution in [2.24, 2.45) is 0 Å². The van der Waals surface area contributed by atoms with Crippen LogP contribution in [0.15, 0.2) is 36.4 Å². The number of ether oxygens (including phenoxy) is 2. The quantitative estimate of drug-likeness (QED) is 0.632. The molecule has 8 heteroatoms. The predicted molar refractivity (Wildman–Crippen MR) is 98.8 cm³/mol. The summed E-state index contributed by atoms with van der Waals surface area (Å²) in [7, 11) is 0. The van der Waals surface area contributed by atoms with Crippen molar-refractivity contribution in [2.45, 2.75) is 6.92 Å². The third-order valence-electron chi connectivity index (χ3n) is 3.30. The van der Waals surface area contributed by atoms with E-state index in [1.54, 1.807) is 43.3 Å². The van der Waals surface area contributed by atoms with Crippen molar-refractivity contribution >= 4 is 40.9 Å². The zero-order valence-electron chi connectivity index (χ0n) is 13.3. The van der Waals surface area contributed by atoms with Gasteiger partial charge in [-0.05, 0) is 31.2 Å². The van der Waals surface area contributed by atoms with Gasteiger partial charge in [0, 0.05) is 18.7 Å². The fourth-order valence-electron chi connectivity index (χ4n) is 1.99. The Morgan fingerprint density at radius 3 is 2.24 bits per heavy atom. The van der Waals surface area contributed by atoms with Gasteiger partial charge in [0.15, 0.2) is 0 Å². The van der Waals surface area contributed by atoms with Crippen molar-refractivity contribution in [3.63, 3.8) is 0 Å². The Labute approximate surface area is 160 Å². The first kappa shape index (κ1) is 19.5. The van der Waals surface area contributed by atoms with Crippen molar-refractivity contribution in [2.75, 3.05) is 19.7 Å². The lowest BCUT2D eigenvalue weighted by molar-refractivity contribution is 0.138. The van der Waals surface area contributed by atoms with E-state index < -0.39 is 6.09 Å². The monoisotopic (exact) mass is 403 g/mol. The van der Waals surface area contributed by atoms with Crippen molar-refractivity contribution in [3.05, 3.63) is 51.5 Å². The van der Waals surface area contributed by atoms with Gasteiger partial charge in [0.05, 0.1) is 21.6 Å². The fraction of sp³-hybridized carbons (Fsp3) is 0.235. The molecule has 0 saturated carbocycles. The summed E-state index contributed by atoms with van der Waals surface area (Å²) < 4.78 is 11.2. The van der Waals surface area contributed by atoms with Gasteiger partial charge >= 0.3 is 6.09 Å². The summed E-state index contributed by atoms with van der Waals surface area (Å²) >= 11 is 18.0. The molecule has 0 bridgehead atoms. The van der Waals surface area contributed by atoms with Crippen LogP contribution in [0.4, 0.5) is 4.79 Å². The van der Waals surface area contributed by atoms with Crippen LogP contribution >= 0.6 is 34.8 Å². The van der Waals surface area contributed by atoms with E-state index in [1.807, 2.05) is 0 Å². The molecule has 2 rings (SSSR count). The molecule has 0 spiro atoms. The molecule has 25 heavy (non-hydrogen) atoms. The molecule has 2 aromatic rings. The molecule has 0 unspecified atom stereocenters. The highest BCUT2D eigenvalue weighted by Gasteiger charge is 2.10. The highest BCUT2D eigenvalue weighted by Crippen LogP contribution is 2.33. The van der Waals surface area contributed by atoms with Crippen LogP contribution in [0, 0.1) is 0 Å². The topological polar surface area (TPSA) is 59.0 Å². The van der Waals surface area contributed by atoms with Crippen LogP contribution in [0.5, 0.6) is 17.2 Å². The lowest BCUT2D eigenvalue weighted by atomic mass is 10.3. The second kappa shape index (κ2) is 9.04. The Kier molecular flexibility index (Phi) is 7.05. The number of hydrogen-bond acceptors (Lipinski definition) is 3. The maximum atomic E-state index is 10.9. The summed E-state index contributed by atoms with van der Waals surface area (Å²) in [6.45, 7) is 2.61. The van der Waals surface area contributed by atoms with Gasteiger partial charge in [-0.15, -0.1) is 0 Å². The van der Waals surface area contributed by atoms with Crippen molar-refractivity contribution in [1.82, 2.24) is 4.90 Å². The first-order chi connectivity index (χ1) is 11.9. The summed E-state index contributed by atoms with van der Waals surface area (Å²) in [5.41, 5.74) is 0. The highest BCUT2D eigenvalue weighted by molar-refractivity contribution is 6.42. The molecule has 0 atom stereocenters. The predicted octanol–water partition coefficient (Wildman–Crippen LogP) is 5.82. The highest BCUT2D eigenvalue weighted by atomic mass is 35.5. The standard InChI is InChI=1S/C17H16Cl3NO4/c1-2-21(17(22)23)7-8-24-16-6-4-12(10-15(16)20)25-11-3-5-13(18)14(19)9-11/h3-6,9-10H,2,7-8H2,1H3,(H,22,23). The van der Waals surface area contributed by atoms with E-state index in [-0.39, 0.29) is 13.2 Å². The normalized spacial score (nSPS) is 10.4. The Hall–Kier alpha value is -1.82. The molecule has 0 aliphatic heterocycles. The van der Waals surface area contributed by atoms with Gasteiger partial charge in [-0.2, -0.15) is 0 Å². The van der Waals surface area contributed by atoms with E-state index in [4.69, 9.17) is 49.4 Å². The molecular weight excluding hydrogens is 389 g/mol. The van der Waals surface area contributed by atoms with Crippen LogP contribution in [0.25, 0.3) is 0 Å². The molecular formula is C17H16Cl3NO4. The van der Waals surface area contributed by atoms with Crippen molar-refractivity contribution in [1.29, 1.82) is 0 Å². The van der Waals surface area contributed by atoms with E-state index >= 15 is 0 Å². The van der Waals surface area contributed by atoms with Crippen LogP contribution in [0.2, 0.25) is 15.1 Å². The number of hydrogen-bond donors (Lipinski definition) is 1. The van der Waals surface area contributed by atoms with E-state index in [1.165, 1.54) is 4.90 Å². The summed E-state index contributed by atoms with van der Waals surface area (Å²) in [5.74, 6) is 1.49. The number of halogens is 3. The Balaban J connectivity index is 1.97. The molecule has 0 saturated heterocycles. The van der Waals surface area contributed by atoms with Crippen molar-refractivity contribution < 1.29 is 19.4 Å². The molecule has 1 N–H and O–H groups in total. The van der Waals surface area contributed by atoms with Gasteiger partial charge in [0.25, 0.3) is 0 Å². The number of benzene rings is 2. The molecule has 1 amide bonds. The largest absolute Gasteiger partial charge is 0.490 e. The number of carbonyl (C=O) groups is 1. The minimum absolute atomic E-state index is 0.201. The number of carboxylic acid groups (broad SMARTS) is 1. The molecule has 5 nitrogen and oxygen atoms in total. The Morgan fingerprint density at radius 2 is 1.68 bits per heavy atom. The number of rotatable bonds is 7. The molecule has 0 aliphatic carbocycles. The van der Waals surface area contributed by atoms with Crippen LogP contribution in [-0.2, 0) is 0 Å². The number of nitrogens with zero attached hydrogens (tertiary/aromatic N) is 1. The van der Waals surface area contributed by atoms with E-state index in [9.17, 15) is 4.79 Å². The Bertz CT molecular complexity index is 755. The molecule has 0 fully saturated rings. The fourth-order valence-corrected chi connectivity index (χ4v) is 2.51. The molecule has 0 radical (unpaired) electrons. The average Bonchev–Trinajstić information content (AvgIpc) is 2.56. The lowest BCUT2D eigenvalue weighted by Crippen LogP contribution is -2.33. The summed E-state index contributed by atoms with van der Waals surface area (Å²) in [5, 5.41) is 10.1. The zero-order chi connectivity index (χ0) is 18.4. The number of likely N-dealkylation sites (N-methyl/N-ethyl adjacent to an activating group) is 1. The summed E-state index contributed by atoms with van der Waals surface area (Å²) in [6.07, 6.45) is -0.984. The van der Waals surface area contributed by atoms with Gasteiger partial charge in [0.1, 0.15) is 23.9 Å². The minimum atomic E-state index is -0.984. The van der Waals surface area contributed by atoms with Crippen molar-refractivity contribution in [3.8, 4) is 17.2 Å². The molecule has 0 heterocycles. The van der Waals surface area contributed by atoms with Crippen LogP contribution in [-0.4, -0.2) is 35.8 Å². The minimum Gasteiger partial charge on any atom is -0.490 e. The smallest absolute Gasteiger partial charge is 0.407 e. The molecule has 0 aliphatic rings. The van der Waals surface area contributed by atoms with Crippen LogP contribution in [0.1, 0.15) is 6.92 Å². The van der Waals surface area contributed by atoms with E-state index in [0.29, 0.717) is 38.9 Å². The van der Waals surface area contributed by atoms with Crippen LogP contribution < -0.4 is 9.47 Å². The number of amides is 1. The summed E-state index contributed by atoms with van der Waals surface area (Å²) in [4.78, 5) is 12.2. The molecule has 0 aromatic heterocycles. The zero-order valence-corrected chi connectivity index (χ0v) is 15.6. The summed E-state index contributed by atoms with van der Waals surface area (Å²) in [6, 6.07) is 9.89. The maximum Gasteiger partial charge on any atom is 0.407 e. The van der Waals surface area contributed by atoms with Gasteiger partial charge < -0.3 is 19.5 Å². The van der Waals surface area contributed by atoms with E-state index in [2.05, 4.69) is 0 Å². The first-order valence-corrected chi connectivity index (χ1v) is 8.57. The second-order valence-electron chi connectivity index (χ2n) is 4.98. The van der Waals surface area contributed by atoms with Gasteiger partial charge in [0.2, 0.25) is 0 Å². The second-order valence-corrected chi connectivity index (χ2v) is 6.20. The average molecular weight is 405 g/mol. The molecule has 2 aromatic carbocycles. The van der Waals surface area contributed by atoms with E-state index in [0.717, 1.165) is 0 Å². The third-order valence-corrected chi connectivity index (χ3v) is 4.34. The third kappa shape index (κ3) is 5.59. The maximum absolute atomic E-state index is 10.9. The lowest BCUT2D eigenvalue weighted by Gasteiger charge is -2.17. The first-order valence-electron chi connectivity index (χ1n) is 7.43. The van der Waals surface area contributed by atoms with Gasteiger partial charge in [-0.25, -0.2) is 4.79 Å². The Morgan fingerprint density at radius 1 is 1.04 bits per heavy atom. The van der Waals surface area contributed by atoms with Gasteiger partial charge in [-0.3, -0.25) is 0 Å².